The van der Waals surface area contributed by atoms with Gasteiger partial charge in [-0.05, 0) is 24.4 Å². The molecule has 0 amide bonds. The van der Waals surface area contributed by atoms with Crippen molar-refractivity contribution < 1.29 is 4.52 Å². The Morgan fingerprint density at radius 3 is 3.06 bits per heavy atom. The minimum atomic E-state index is 0.464. The second kappa shape index (κ2) is 3.57. The summed E-state index contributed by atoms with van der Waals surface area (Å²) in [4.78, 5) is 4.13. The fourth-order valence-corrected chi connectivity index (χ4v) is 2.05. The molecule has 5 nitrogen and oxygen atoms in total. The van der Waals surface area contributed by atoms with E-state index in [4.69, 9.17) is 4.52 Å². The molecule has 0 aliphatic heterocycles. The third-order valence-electron chi connectivity index (χ3n) is 2.15. The lowest BCUT2D eigenvalue weighted by atomic mass is 10.2. The maximum absolute atomic E-state index is 5.05. The van der Waals surface area contributed by atoms with Gasteiger partial charge in [-0.2, -0.15) is 21.4 Å². The van der Waals surface area contributed by atoms with E-state index >= 15 is 0 Å². The Labute approximate surface area is 95.1 Å². The van der Waals surface area contributed by atoms with E-state index in [-0.39, 0.29) is 0 Å². The number of hydrogen-bond acceptors (Lipinski definition) is 5. The van der Waals surface area contributed by atoms with Crippen molar-refractivity contribution in [1.82, 2.24) is 20.3 Å². The van der Waals surface area contributed by atoms with E-state index in [1.807, 2.05) is 22.9 Å². The van der Waals surface area contributed by atoms with E-state index in [0.29, 0.717) is 11.7 Å². The first kappa shape index (κ1) is 9.29. The van der Waals surface area contributed by atoms with Gasteiger partial charge in [0, 0.05) is 10.9 Å². The topological polar surface area (TPSA) is 67.6 Å². The number of aromatic amines is 1. The van der Waals surface area contributed by atoms with E-state index in [1.54, 1.807) is 18.3 Å². The van der Waals surface area contributed by atoms with Crippen LogP contribution in [0.3, 0.4) is 0 Å². The van der Waals surface area contributed by atoms with Crippen LogP contribution in [0.15, 0.2) is 27.4 Å². The lowest BCUT2D eigenvalue weighted by molar-refractivity contribution is 0.424. The molecule has 0 atom stereocenters. The van der Waals surface area contributed by atoms with Crippen molar-refractivity contribution >= 4 is 11.3 Å². The Balaban J connectivity index is 2.00. The number of hydrogen-bond donors (Lipinski definition) is 1. The van der Waals surface area contributed by atoms with Crippen molar-refractivity contribution in [2.24, 2.45) is 0 Å². The molecule has 0 fully saturated rings. The summed E-state index contributed by atoms with van der Waals surface area (Å²) >= 11 is 1.64. The SMILES string of the molecule is Cc1noc(-c2cc(-c3ccsc3)n[nH]2)n1. The molecule has 80 valence electrons. The van der Waals surface area contributed by atoms with Gasteiger partial charge in [-0.15, -0.1) is 0 Å². The molecule has 0 spiro atoms. The van der Waals surface area contributed by atoms with Gasteiger partial charge < -0.3 is 4.52 Å². The van der Waals surface area contributed by atoms with Gasteiger partial charge in [-0.3, -0.25) is 5.10 Å². The first-order valence-electron chi connectivity index (χ1n) is 4.71. The normalized spacial score (nSPS) is 10.8. The van der Waals surface area contributed by atoms with Gasteiger partial charge in [0.1, 0.15) is 5.69 Å². The summed E-state index contributed by atoms with van der Waals surface area (Å²) in [7, 11) is 0. The van der Waals surface area contributed by atoms with Crippen LogP contribution in [-0.4, -0.2) is 20.3 Å². The highest BCUT2D eigenvalue weighted by molar-refractivity contribution is 7.08. The summed E-state index contributed by atoms with van der Waals surface area (Å²) in [6.07, 6.45) is 0. The zero-order chi connectivity index (χ0) is 11.0. The summed E-state index contributed by atoms with van der Waals surface area (Å²) in [6.45, 7) is 1.78. The van der Waals surface area contributed by atoms with Crippen LogP contribution in [-0.2, 0) is 0 Å². The van der Waals surface area contributed by atoms with Crippen molar-refractivity contribution in [2.45, 2.75) is 6.92 Å². The third-order valence-corrected chi connectivity index (χ3v) is 2.84. The number of aromatic nitrogens is 4. The van der Waals surface area contributed by atoms with E-state index in [0.717, 1.165) is 17.0 Å². The second-order valence-corrected chi connectivity index (χ2v) is 4.11. The van der Waals surface area contributed by atoms with Gasteiger partial charge in [-0.1, -0.05) is 5.16 Å². The van der Waals surface area contributed by atoms with Crippen molar-refractivity contribution in [3.63, 3.8) is 0 Å². The smallest absolute Gasteiger partial charge is 0.275 e. The second-order valence-electron chi connectivity index (χ2n) is 3.33. The van der Waals surface area contributed by atoms with Crippen LogP contribution in [0.2, 0.25) is 0 Å². The quantitative estimate of drug-likeness (QED) is 0.737. The number of rotatable bonds is 2. The predicted octanol–water partition coefficient (Wildman–Crippen LogP) is 2.50. The maximum atomic E-state index is 5.05. The molecule has 0 aliphatic rings. The first-order valence-corrected chi connectivity index (χ1v) is 5.66. The number of H-pyrrole nitrogens is 1. The minimum absolute atomic E-state index is 0.464. The summed E-state index contributed by atoms with van der Waals surface area (Å²) in [5.74, 6) is 1.08. The Morgan fingerprint density at radius 1 is 1.44 bits per heavy atom. The average Bonchev–Trinajstić information content (AvgIpc) is 2.97. The molecule has 6 heteroatoms. The van der Waals surface area contributed by atoms with Crippen LogP contribution in [0.1, 0.15) is 5.82 Å². The highest BCUT2D eigenvalue weighted by atomic mass is 32.1. The largest absolute Gasteiger partial charge is 0.332 e. The maximum Gasteiger partial charge on any atom is 0.275 e. The van der Waals surface area contributed by atoms with Gasteiger partial charge in [0.05, 0.1) is 5.69 Å². The molecule has 0 aromatic carbocycles. The highest BCUT2D eigenvalue weighted by Crippen LogP contribution is 2.24. The lowest BCUT2D eigenvalue weighted by Gasteiger charge is -1.85. The van der Waals surface area contributed by atoms with Gasteiger partial charge in [-0.25, -0.2) is 0 Å². The number of nitrogens with one attached hydrogen (secondary N) is 1. The number of aryl methyl sites for hydroxylation is 1. The predicted molar refractivity (Wildman–Crippen MR) is 59.9 cm³/mol. The van der Waals surface area contributed by atoms with E-state index in [1.165, 1.54) is 0 Å². The van der Waals surface area contributed by atoms with Crippen LogP contribution in [0.5, 0.6) is 0 Å². The van der Waals surface area contributed by atoms with Crippen LogP contribution in [0.25, 0.3) is 22.8 Å². The molecule has 1 N–H and O–H groups in total. The summed E-state index contributed by atoms with van der Waals surface area (Å²) in [5, 5.41) is 14.9. The van der Waals surface area contributed by atoms with Crippen molar-refractivity contribution in [1.29, 1.82) is 0 Å². The number of thiophene rings is 1. The molecular formula is C10H8N4OS. The van der Waals surface area contributed by atoms with E-state index in [2.05, 4.69) is 20.3 Å². The zero-order valence-electron chi connectivity index (χ0n) is 8.47. The minimum Gasteiger partial charge on any atom is -0.332 e. The molecule has 0 unspecified atom stereocenters. The third kappa shape index (κ3) is 1.53. The van der Waals surface area contributed by atoms with E-state index < -0.39 is 0 Å². The summed E-state index contributed by atoms with van der Waals surface area (Å²) in [5.41, 5.74) is 2.71. The molecule has 0 radical (unpaired) electrons. The zero-order valence-corrected chi connectivity index (χ0v) is 9.28. The van der Waals surface area contributed by atoms with Gasteiger partial charge >= 0.3 is 0 Å². The standard InChI is InChI=1S/C10H8N4OS/c1-6-11-10(15-14-6)9-4-8(12-13-9)7-2-3-16-5-7/h2-5H,1H3,(H,12,13). The van der Waals surface area contributed by atoms with E-state index in [9.17, 15) is 0 Å². The fraction of sp³-hybridized carbons (Fsp3) is 0.100. The van der Waals surface area contributed by atoms with Crippen LogP contribution in [0.4, 0.5) is 0 Å². The molecule has 0 saturated heterocycles. The van der Waals surface area contributed by atoms with Gasteiger partial charge in [0.15, 0.2) is 5.82 Å². The molecule has 3 aromatic heterocycles. The Kier molecular flexibility index (Phi) is 2.07. The molecular weight excluding hydrogens is 224 g/mol. The Bertz CT molecular complexity index is 596. The van der Waals surface area contributed by atoms with Crippen LogP contribution in [0, 0.1) is 6.92 Å². The highest BCUT2D eigenvalue weighted by Gasteiger charge is 2.11. The fourth-order valence-electron chi connectivity index (χ4n) is 1.40. The first-order chi connectivity index (χ1) is 7.83. The van der Waals surface area contributed by atoms with Crippen LogP contribution >= 0.6 is 11.3 Å². The van der Waals surface area contributed by atoms with Crippen molar-refractivity contribution in [3.8, 4) is 22.8 Å². The molecule has 16 heavy (non-hydrogen) atoms. The van der Waals surface area contributed by atoms with Crippen molar-refractivity contribution in [3.05, 3.63) is 28.7 Å². The van der Waals surface area contributed by atoms with Gasteiger partial charge in [0.2, 0.25) is 0 Å². The van der Waals surface area contributed by atoms with Crippen molar-refractivity contribution in [2.75, 3.05) is 0 Å². The van der Waals surface area contributed by atoms with Gasteiger partial charge in [0.25, 0.3) is 5.89 Å². The average molecular weight is 232 g/mol. The Morgan fingerprint density at radius 2 is 2.38 bits per heavy atom. The van der Waals surface area contributed by atoms with Crippen LogP contribution < -0.4 is 0 Å². The molecule has 0 saturated carbocycles. The lowest BCUT2D eigenvalue weighted by Crippen LogP contribution is -1.77. The summed E-state index contributed by atoms with van der Waals surface area (Å²) < 4.78 is 5.05. The molecule has 3 aromatic rings. The molecule has 3 rings (SSSR count). The monoisotopic (exact) mass is 232 g/mol. The summed E-state index contributed by atoms with van der Waals surface area (Å²) in [6, 6.07) is 3.92. The molecule has 0 bridgehead atoms. The molecule has 0 aliphatic carbocycles. The molecule has 3 heterocycles. The Hall–Kier alpha value is -1.95. The number of nitrogens with zero attached hydrogens (tertiary/aromatic N) is 3.